The lowest BCUT2D eigenvalue weighted by Gasteiger charge is -2.24. The first-order valence-corrected chi connectivity index (χ1v) is 13.0. The lowest BCUT2D eigenvalue weighted by atomic mass is 9.98. The number of fused-ring (bicyclic) bond motifs is 1. The lowest BCUT2D eigenvalue weighted by molar-refractivity contribution is 0.271. The average molecular weight is 502 g/mol. The predicted octanol–water partition coefficient (Wildman–Crippen LogP) is 7.15. The second-order valence-corrected chi connectivity index (χ2v) is 10.0. The van der Waals surface area contributed by atoms with Crippen LogP contribution in [0.1, 0.15) is 36.8 Å². The van der Waals surface area contributed by atoms with Crippen molar-refractivity contribution in [2.45, 2.75) is 45.6 Å². The molecule has 5 rings (SSSR count). The van der Waals surface area contributed by atoms with Crippen molar-refractivity contribution < 1.29 is 9.47 Å². The maximum absolute atomic E-state index is 6.72. The van der Waals surface area contributed by atoms with Crippen LogP contribution in [-0.4, -0.2) is 36.3 Å². The van der Waals surface area contributed by atoms with Gasteiger partial charge in [-0.2, -0.15) is 0 Å². The van der Waals surface area contributed by atoms with E-state index in [-0.39, 0.29) is 0 Å². The minimum absolute atomic E-state index is 0.506. The molecular formula is C30H32ClN3O2. The third-order valence-corrected chi connectivity index (χ3v) is 7.13. The molecule has 0 spiro atoms. The fraction of sp³-hybridized carbons (Fsp3) is 0.333. The third kappa shape index (κ3) is 5.32. The summed E-state index contributed by atoms with van der Waals surface area (Å²) in [5.41, 5.74) is 7.13. The van der Waals surface area contributed by atoms with Crippen molar-refractivity contribution >= 4 is 22.5 Å². The van der Waals surface area contributed by atoms with E-state index >= 15 is 0 Å². The van der Waals surface area contributed by atoms with E-state index in [1.807, 2.05) is 24.4 Å². The number of hydrogen-bond donors (Lipinski definition) is 1. The van der Waals surface area contributed by atoms with E-state index in [9.17, 15) is 0 Å². The summed E-state index contributed by atoms with van der Waals surface area (Å²) in [7, 11) is 1.61. The normalized spacial score (nSPS) is 15.7. The molecule has 186 valence electrons. The van der Waals surface area contributed by atoms with Crippen LogP contribution < -0.4 is 14.8 Å². The zero-order chi connectivity index (χ0) is 25.1. The predicted molar refractivity (Wildman–Crippen MR) is 147 cm³/mol. The topological polar surface area (TPSA) is 56.3 Å². The van der Waals surface area contributed by atoms with Gasteiger partial charge in [-0.3, -0.25) is 4.98 Å². The second kappa shape index (κ2) is 10.9. The highest BCUT2D eigenvalue weighted by Crippen LogP contribution is 2.41. The van der Waals surface area contributed by atoms with Gasteiger partial charge in [-0.15, -0.1) is 0 Å². The van der Waals surface area contributed by atoms with Gasteiger partial charge in [0.1, 0.15) is 5.75 Å². The first-order valence-electron chi connectivity index (χ1n) is 12.6. The Bertz CT molecular complexity index is 1340. The molecule has 1 N–H and O–H groups in total. The van der Waals surface area contributed by atoms with E-state index < -0.39 is 0 Å². The minimum atomic E-state index is 0.506. The number of methoxy groups -OCH3 is 1. The number of piperidine rings is 1. The third-order valence-electron chi connectivity index (χ3n) is 6.82. The first-order chi connectivity index (χ1) is 17.5. The minimum Gasteiger partial charge on any atom is -0.492 e. The van der Waals surface area contributed by atoms with Gasteiger partial charge in [0.25, 0.3) is 0 Å². The van der Waals surface area contributed by atoms with Gasteiger partial charge in [0.15, 0.2) is 0 Å². The molecule has 1 aliphatic rings. The van der Waals surface area contributed by atoms with Crippen molar-refractivity contribution in [3.05, 3.63) is 71.0 Å². The lowest BCUT2D eigenvalue weighted by Crippen LogP contribution is -2.35. The fourth-order valence-corrected chi connectivity index (χ4v) is 5.30. The zero-order valence-corrected chi connectivity index (χ0v) is 21.9. The number of aromatic nitrogens is 2. The molecule has 0 aliphatic carbocycles. The van der Waals surface area contributed by atoms with E-state index in [0.717, 1.165) is 51.9 Å². The molecule has 5 nitrogen and oxygen atoms in total. The molecule has 1 aliphatic heterocycles. The SMILES string of the molecule is COc1ccc(-c2cc3c(OCC[C@H]4CCCCN4)c(-c4cc(C)cc(C)c4)cnc3cc2Cl)cn1. The number of nitrogens with zero attached hydrogens (tertiary/aromatic N) is 2. The van der Waals surface area contributed by atoms with E-state index in [1.165, 1.54) is 30.4 Å². The monoisotopic (exact) mass is 501 g/mol. The highest BCUT2D eigenvalue weighted by molar-refractivity contribution is 6.34. The Morgan fingerprint density at radius 3 is 2.47 bits per heavy atom. The number of benzene rings is 2. The first kappa shape index (κ1) is 24.5. The summed E-state index contributed by atoms with van der Waals surface area (Å²) in [6.07, 6.45) is 8.40. The molecule has 0 saturated carbocycles. The Kier molecular flexibility index (Phi) is 7.40. The maximum atomic E-state index is 6.72. The number of nitrogens with one attached hydrogen (secondary N) is 1. The highest BCUT2D eigenvalue weighted by Gasteiger charge is 2.18. The van der Waals surface area contributed by atoms with Gasteiger partial charge in [-0.1, -0.05) is 47.3 Å². The van der Waals surface area contributed by atoms with Crippen LogP contribution in [0.25, 0.3) is 33.2 Å². The van der Waals surface area contributed by atoms with Crippen LogP contribution in [0.5, 0.6) is 11.6 Å². The largest absolute Gasteiger partial charge is 0.492 e. The van der Waals surface area contributed by atoms with Crippen LogP contribution >= 0.6 is 11.6 Å². The Morgan fingerprint density at radius 1 is 0.944 bits per heavy atom. The summed E-state index contributed by atoms with van der Waals surface area (Å²) in [6, 6.07) is 14.9. The van der Waals surface area contributed by atoms with Crippen molar-refractivity contribution in [3.8, 4) is 33.9 Å². The highest BCUT2D eigenvalue weighted by atomic mass is 35.5. The Morgan fingerprint density at radius 2 is 1.78 bits per heavy atom. The number of ether oxygens (including phenoxy) is 2. The van der Waals surface area contributed by atoms with Crippen molar-refractivity contribution in [1.29, 1.82) is 0 Å². The second-order valence-electron chi connectivity index (χ2n) is 9.60. The van der Waals surface area contributed by atoms with Crippen LogP contribution in [0.4, 0.5) is 0 Å². The number of halogens is 1. The molecule has 0 bridgehead atoms. The Hall–Kier alpha value is -3.15. The van der Waals surface area contributed by atoms with Crippen LogP contribution in [0.2, 0.25) is 5.02 Å². The quantitative estimate of drug-likeness (QED) is 0.291. The summed E-state index contributed by atoms with van der Waals surface area (Å²) in [4.78, 5) is 9.15. The van der Waals surface area contributed by atoms with E-state index in [4.69, 9.17) is 26.1 Å². The molecule has 1 fully saturated rings. The molecule has 1 saturated heterocycles. The summed E-state index contributed by atoms with van der Waals surface area (Å²) >= 11 is 6.72. The van der Waals surface area contributed by atoms with Crippen LogP contribution in [0.15, 0.2) is 54.9 Å². The van der Waals surface area contributed by atoms with Gasteiger partial charge in [0, 0.05) is 46.6 Å². The standard InChI is InChI=1S/C30H32ClN3O2/c1-19-12-20(2)14-22(13-19)26-18-33-28-16-27(31)24(21-7-8-29(35-3)34-17-21)15-25(28)30(26)36-11-9-23-6-4-5-10-32-23/h7-8,12-18,23,32H,4-6,9-11H2,1-3H3/t23-/m1/s1. The van der Waals surface area contributed by atoms with Crippen molar-refractivity contribution in [3.63, 3.8) is 0 Å². The molecule has 36 heavy (non-hydrogen) atoms. The van der Waals surface area contributed by atoms with Crippen LogP contribution in [-0.2, 0) is 0 Å². The number of rotatable bonds is 7. The molecule has 2 aromatic carbocycles. The molecule has 6 heteroatoms. The Labute approximate surface area is 217 Å². The molecule has 0 amide bonds. The molecule has 2 aromatic heterocycles. The molecular weight excluding hydrogens is 470 g/mol. The van der Waals surface area contributed by atoms with Gasteiger partial charge in [0.05, 0.1) is 24.3 Å². The van der Waals surface area contributed by atoms with Gasteiger partial charge < -0.3 is 14.8 Å². The number of aryl methyl sites for hydroxylation is 2. The van der Waals surface area contributed by atoms with E-state index in [0.29, 0.717) is 23.6 Å². The van der Waals surface area contributed by atoms with Crippen molar-refractivity contribution in [2.24, 2.45) is 0 Å². The summed E-state index contributed by atoms with van der Waals surface area (Å²) in [5, 5.41) is 5.19. The molecule has 0 radical (unpaired) electrons. The van der Waals surface area contributed by atoms with Crippen molar-refractivity contribution in [2.75, 3.05) is 20.3 Å². The number of hydrogen-bond acceptors (Lipinski definition) is 5. The van der Waals surface area contributed by atoms with Crippen LogP contribution in [0, 0.1) is 13.8 Å². The van der Waals surface area contributed by atoms with Crippen LogP contribution in [0.3, 0.4) is 0 Å². The number of pyridine rings is 2. The van der Waals surface area contributed by atoms with Gasteiger partial charge >= 0.3 is 0 Å². The summed E-state index contributed by atoms with van der Waals surface area (Å²) < 4.78 is 11.8. The Balaban J connectivity index is 1.60. The molecule has 0 unspecified atom stereocenters. The molecule has 1 atom stereocenters. The average Bonchev–Trinajstić information content (AvgIpc) is 2.88. The van der Waals surface area contributed by atoms with Crippen molar-refractivity contribution in [1.82, 2.24) is 15.3 Å². The smallest absolute Gasteiger partial charge is 0.212 e. The van der Waals surface area contributed by atoms with E-state index in [1.54, 1.807) is 13.3 Å². The molecule has 4 aromatic rings. The summed E-state index contributed by atoms with van der Waals surface area (Å²) in [6.45, 7) is 5.97. The van der Waals surface area contributed by atoms with Gasteiger partial charge in [-0.25, -0.2) is 4.98 Å². The fourth-order valence-electron chi connectivity index (χ4n) is 5.04. The van der Waals surface area contributed by atoms with Gasteiger partial charge in [0.2, 0.25) is 5.88 Å². The van der Waals surface area contributed by atoms with E-state index in [2.05, 4.69) is 48.4 Å². The zero-order valence-electron chi connectivity index (χ0n) is 21.1. The van der Waals surface area contributed by atoms with Gasteiger partial charge in [-0.05, 0) is 63.4 Å². The molecule has 3 heterocycles. The maximum Gasteiger partial charge on any atom is 0.212 e. The summed E-state index contributed by atoms with van der Waals surface area (Å²) in [5.74, 6) is 1.41.